The smallest absolute Gasteiger partial charge is 0.305 e. The van der Waals surface area contributed by atoms with E-state index >= 15 is 0 Å². The van der Waals surface area contributed by atoms with Gasteiger partial charge in [0, 0.05) is 30.0 Å². The molecule has 0 saturated heterocycles. The number of aromatic nitrogens is 1. The Balaban J connectivity index is 1.90. The summed E-state index contributed by atoms with van der Waals surface area (Å²) in [6, 6.07) is 3.88. The number of anilines is 1. The number of carboxylic acids is 1. The molecule has 15 heavy (non-hydrogen) atoms. The Morgan fingerprint density at radius 1 is 1.60 bits per heavy atom. The van der Waals surface area contributed by atoms with Crippen LogP contribution in [-0.2, 0) is 4.79 Å². The van der Waals surface area contributed by atoms with Gasteiger partial charge < -0.3 is 10.4 Å². The maximum absolute atomic E-state index is 10.3. The Labute approximate surface area is 88.3 Å². The van der Waals surface area contributed by atoms with E-state index in [0.29, 0.717) is 12.5 Å². The molecule has 1 aliphatic carbocycles. The van der Waals surface area contributed by atoms with E-state index in [0.717, 1.165) is 11.4 Å². The summed E-state index contributed by atoms with van der Waals surface area (Å²) in [5.74, 6) is -0.148. The van der Waals surface area contributed by atoms with Crippen molar-refractivity contribution >= 4 is 11.7 Å². The fourth-order valence-electron chi connectivity index (χ4n) is 1.47. The van der Waals surface area contributed by atoms with Crippen LogP contribution in [0.2, 0.25) is 0 Å². The van der Waals surface area contributed by atoms with Gasteiger partial charge >= 0.3 is 5.97 Å². The van der Waals surface area contributed by atoms with Crippen molar-refractivity contribution in [1.82, 2.24) is 4.98 Å². The van der Waals surface area contributed by atoms with Crippen molar-refractivity contribution in [2.75, 3.05) is 11.9 Å². The van der Waals surface area contributed by atoms with Crippen molar-refractivity contribution in [2.24, 2.45) is 0 Å². The highest BCUT2D eigenvalue weighted by Gasteiger charge is 2.24. The zero-order chi connectivity index (χ0) is 10.7. The van der Waals surface area contributed by atoms with Crippen molar-refractivity contribution in [3.8, 4) is 0 Å². The Hall–Kier alpha value is -1.58. The Morgan fingerprint density at radius 2 is 2.40 bits per heavy atom. The van der Waals surface area contributed by atoms with Crippen LogP contribution in [0.4, 0.5) is 5.69 Å². The zero-order valence-corrected chi connectivity index (χ0v) is 8.44. The summed E-state index contributed by atoms with van der Waals surface area (Å²) in [7, 11) is 0. The van der Waals surface area contributed by atoms with Gasteiger partial charge in [0.1, 0.15) is 0 Å². The minimum atomic E-state index is -0.779. The van der Waals surface area contributed by atoms with Crippen molar-refractivity contribution in [2.45, 2.75) is 25.2 Å². The van der Waals surface area contributed by atoms with E-state index < -0.39 is 5.97 Å². The molecular weight excluding hydrogens is 192 g/mol. The van der Waals surface area contributed by atoms with Gasteiger partial charge in [-0.05, 0) is 25.0 Å². The van der Waals surface area contributed by atoms with Crippen LogP contribution in [0.3, 0.4) is 0 Å². The normalized spacial score (nSPS) is 14.9. The summed E-state index contributed by atoms with van der Waals surface area (Å²) < 4.78 is 0. The molecule has 0 radical (unpaired) electrons. The summed E-state index contributed by atoms with van der Waals surface area (Å²) >= 11 is 0. The van der Waals surface area contributed by atoms with Crippen LogP contribution in [0.1, 0.15) is 30.9 Å². The lowest BCUT2D eigenvalue weighted by Gasteiger charge is -2.05. The van der Waals surface area contributed by atoms with Gasteiger partial charge in [0.25, 0.3) is 0 Å². The molecule has 4 nitrogen and oxygen atoms in total. The highest BCUT2D eigenvalue weighted by Crippen LogP contribution is 2.39. The second kappa shape index (κ2) is 4.29. The summed E-state index contributed by atoms with van der Waals surface area (Å²) in [5, 5.41) is 11.6. The largest absolute Gasteiger partial charge is 0.481 e. The van der Waals surface area contributed by atoms with E-state index in [9.17, 15) is 4.79 Å². The second-order valence-corrected chi connectivity index (χ2v) is 3.81. The molecule has 0 unspecified atom stereocenters. The molecule has 1 aromatic heterocycles. The number of pyridine rings is 1. The molecule has 1 saturated carbocycles. The summed E-state index contributed by atoms with van der Waals surface area (Å²) in [6.07, 6.45) is 4.37. The van der Waals surface area contributed by atoms with Gasteiger partial charge in [-0.3, -0.25) is 9.78 Å². The van der Waals surface area contributed by atoms with Crippen molar-refractivity contribution < 1.29 is 9.90 Å². The zero-order valence-electron chi connectivity index (χ0n) is 8.44. The van der Waals surface area contributed by atoms with Crippen LogP contribution in [0.5, 0.6) is 0 Å². The lowest BCUT2D eigenvalue weighted by molar-refractivity contribution is -0.136. The van der Waals surface area contributed by atoms with Gasteiger partial charge in [-0.1, -0.05) is 0 Å². The Bertz CT molecular complexity index is 361. The molecule has 80 valence electrons. The van der Waals surface area contributed by atoms with E-state index in [4.69, 9.17) is 5.11 Å². The molecule has 4 heteroatoms. The fraction of sp³-hybridized carbons (Fsp3) is 0.455. The van der Waals surface area contributed by atoms with Crippen molar-refractivity contribution in [3.63, 3.8) is 0 Å². The lowest BCUT2D eigenvalue weighted by Crippen LogP contribution is -2.07. The van der Waals surface area contributed by atoms with Crippen LogP contribution in [0, 0.1) is 0 Å². The average Bonchev–Trinajstić information content (AvgIpc) is 3.01. The molecule has 1 aromatic rings. The molecule has 1 heterocycles. The quantitative estimate of drug-likeness (QED) is 0.771. The van der Waals surface area contributed by atoms with Crippen LogP contribution < -0.4 is 5.32 Å². The van der Waals surface area contributed by atoms with Crippen LogP contribution in [0.25, 0.3) is 0 Å². The molecule has 0 aliphatic heterocycles. The minimum absolute atomic E-state index is 0.140. The number of hydrogen-bond donors (Lipinski definition) is 2. The van der Waals surface area contributed by atoms with Gasteiger partial charge in [0.2, 0.25) is 0 Å². The average molecular weight is 206 g/mol. The maximum Gasteiger partial charge on any atom is 0.305 e. The Kier molecular flexibility index (Phi) is 2.85. The standard InChI is InChI=1S/C11H14N2O2/c14-11(15)4-6-12-9-3-5-13-10(7-9)8-1-2-8/h3,5,7-8H,1-2,4,6H2,(H,12,13)(H,14,15). The van der Waals surface area contributed by atoms with E-state index in [-0.39, 0.29) is 6.42 Å². The number of hydrogen-bond acceptors (Lipinski definition) is 3. The lowest BCUT2D eigenvalue weighted by atomic mass is 10.2. The van der Waals surface area contributed by atoms with Gasteiger partial charge in [0.05, 0.1) is 6.42 Å². The number of carboxylic acid groups (broad SMARTS) is 1. The number of nitrogens with one attached hydrogen (secondary N) is 1. The third-order valence-electron chi connectivity index (χ3n) is 2.44. The predicted molar refractivity (Wildman–Crippen MR) is 57.0 cm³/mol. The first kappa shape index (κ1) is 9.96. The van der Waals surface area contributed by atoms with Gasteiger partial charge in [-0.25, -0.2) is 0 Å². The van der Waals surface area contributed by atoms with E-state index in [1.54, 1.807) is 6.20 Å². The van der Waals surface area contributed by atoms with Crippen LogP contribution in [-0.4, -0.2) is 22.6 Å². The molecule has 0 spiro atoms. The molecule has 1 aliphatic rings. The number of rotatable bonds is 5. The molecule has 0 aromatic carbocycles. The van der Waals surface area contributed by atoms with E-state index in [1.807, 2.05) is 12.1 Å². The molecule has 2 rings (SSSR count). The summed E-state index contributed by atoms with van der Waals surface area (Å²) in [4.78, 5) is 14.6. The summed E-state index contributed by atoms with van der Waals surface area (Å²) in [5.41, 5.74) is 2.09. The molecule has 2 N–H and O–H groups in total. The van der Waals surface area contributed by atoms with E-state index in [1.165, 1.54) is 12.8 Å². The Morgan fingerprint density at radius 3 is 3.07 bits per heavy atom. The fourth-order valence-corrected chi connectivity index (χ4v) is 1.47. The topological polar surface area (TPSA) is 62.2 Å². The number of carbonyl (C=O) groups is 1. The number of nitrogens with zero attached hydrogens (tertiary/aromatic N) is 1. The molecular formula is C11H14N2O2. The first-order valence-corrected chi connectivity index (χ1v) is 5.17. The molecule has 0 atom stereocenters. The van der Waals surface area contributed by atoms with E-state index in [2.05, 4.69) is 10.3 Å². The molecule has 0 amide bonds. The highest BCUT2D eigenvalue weighted by atomic mass is 16.4. The van der Waals surface area contributed by atoms with Crippen molar-refractivity contribution in [1.29, 1.82) is 0 Å². The first-order chi connectivity index (χ1) is 7.25. The second-order valence-electron chi connectivity index (χ2n) is 3.81. The first-order valence-electron chi connectivity index (χ1n) is 5.17. The number of aliphatic carboxylic acids is 1. The highest BCUT2D eigenvalue weighted by molar-refractivity contribution is 5.67. The molecule has 1 fully saturated rings. The van der Waals surface area contributed by atoms with Gasteiger partial charge in [0.15, 0.2) is 0 Å². The van der Waals surface area contributed by atoms with Gasteiger partial charge in [-0.15, -0.1) is 0 Å². The molecule has 0 bridgehead atoms. The van der Waals surface area contributed by atoms with Crippen molar-refractivity contribution in [3.05, 3.63) is 24.0 Å². The SMILES string of the molecule is O=C(O)CCNc1ccnc(C2CC2)c1. The van der Waals surface area contributed by atoms with Gasteiger partial charge in [-0.2, -0.15) is 0 Å². The monoisotopic (exact) mass is 206 g/mol. The third-order valence-corrected chi connectivity index (χ3v) is 2.44. The summed E-state index contributed by atoms with van der Waals surface area (Å²) in [6.45, 7) is 0.462. The minimum Gasteiger partial charge on any atom is -0.481 e. The third kappa shape index (κ3) is 2.94. The van der Waals surface area contributed by atoms with Crippen LogP contribution >= 0.6 is 0 Å². The predicted octanol–water partition coefficient (Wildman–Crippen LogP) is 1.85. The maximum atomic E-state index is 10.3. The van der Waals surface area contributed by atoms with Crippen LogP contribution in [0.15, 0.2) is 18.3 Å².